The van der Waals surface area contributed by atoms with Crippen LogP contribution in [0.3, 0.4) is 0 Å². The van der Waals surface area contributed by atoms with Crippen molar-refractivity contribution in [1.29, 1.82) is 0 Å². The summed E-state index contributed by atoms with van der Waals surface area (Å²) in [5, 5.41) is 16.6. The van der Waals surface area contributed by atoms with Gasteiger partial charge in [-0.15, -0.1) is 6.58 Å². The number of fused-ring (bicyclic) bond motifs is 1. The van der Waals surface area contributed by atoms with Crippen molar-refractivity contribution in [3.8, 4) is 17.4 Å². The Morgan fingerprint density at radius 2 is 1.52 bits per heavy atom. The zero-order chi connectivity index (χ0) is 57.9. The van der Waals surface area contributed by atoms with Gasteiger partial charge in [-0.05, 0) is 101 Å². The number of carbonyl (C=O) groups excluding carboxylic acids is 5. The van der Waals surface area contributed by atoms with Crippen molar-refractivity contribution in [2.45, 2.75) is 147 Å². The van der Waals surface area contributed by atoms with E-state index in [4.69, 9.17) is 18.4 Å². The smallest absolute Gasteiger partial charge is 0.497 e. The SMILES string of the molecule is C=C[C@@H]1C[C@]1(NC(=O)[C@@H]1C[C@@H](Oc2nccc3cc(OC)ccc23)CN1C(=O)[C@@H](NC(=O)OC(C)(C)C(F)(F)F)C(C)(C)C)C(=O)NS(=O)(=O)OC1(CCC)CC1.CC(C)(OC(=O)Oc1ccc([N+](=O)[O-])cc1)C(F)(F)F. The Bertz CT molecular complexity index is 2840. The predicted molar refractivity (Wildman–Crippen MR) is 260 cm³/mol. The first-order valence-corrected chi connectivity index (χ1v) is 25.2. The summed E-state index contributed by atoms with van der Waals surface area (Å²) in [6.45, 7) is 12.7. The molecule has 2 aliphatic carbocycles. The maximum Gasteiger partial charge on any atom is 0.514 e. The van der Waals surface area contributed by atoms with Crippen molar-refractivity contribution < 1.29 is 91.5 Å². The molecule has 1 aliphatic heterocycles. The van der Waals surface area contributed by atoms with Crippen LogP contribution in [-0.4, -0.2) is 120 Å². The van der Waals surface area contributed by atoms with E-state index >= 15 is 0 Å². The van der Waals surface area contributed by atoms with E-state index in [1.54, 1.807) is 45.0 Å². The maximum absolute atomic E-state index is 14.5. The van der Waals surface area contributed by atoms with E-state index in [-0.39, 0.29) is 36.7 Å². The molecule has 3 aliphatic rings. The van der Waals surface area contributed by atoms with E-state index in [9.17, 15) is 68.8 Å². The van der Waals surface area contributed by atoms with Crippen LogP contribution < -0.4 is 29.6 Å². The summed E-state index contributed by atoms with van der Waals surface area (Å²) in [5.41, 5.74) is -9.65. The average Bonchev–Trinajstić information content (AvgIpc) is 4.19. The highest BCUT2D eigenvalue weighted by molar-refractivity contribution is 7.85. The van der Waals surface area contributed by atoms with E-state index < -0.39 is 109 Å². The monoisotopic (exact) mass is 1120 g/mol. The van der Waals surface area contributed by atoms with Gasteiger partial charge in [-0.25, -0.2) is 23.5 Å². The predicted octanol–water partition coefficient (Wildman–Crippen LogP) is 8.30. The first-order chi connectivity index (χ1) is 35.4. The lowest BCUT2D eigenvalue weighted by Crippen LogP contribution is -2.60. The summed E-state index contributed by atoms with van der Waals surface area (Å²) < 4.78 is 136. The van der Waals surface area contributed by atoms with Crippen LogP contribution in [0.1, 0.15) is 93.9 Å². The molecule has 4 amide bonds. The van der Waals surface area contributed by atoms with Gasteiger partial charge in [0.05, 0.1) is 24.2 Å². The van der Waals surface area contributed by atoms with Crippen LogP contribution in [0.25, 0.3) is 10.8 Å². The van der Waals surface area contributed by atoms with Crippen molar-refractivity contribution in [3.63, 3.8) is 0 Å². The number of rotatable bonds is 18. The summed E-state index contributed by atoms with van der Waals surface area (Å²) in [6, 6.07) is 8.24. The highest BCUT2D eigenvalue weighted by Gasteiger charge is 2.62. The normalized spacial score (nSPS) is 20.5. The number of amides is 4. The second-order valence-electron chi connectivity index (χ2n) is 20.6. The van der Waals surface area contributed by atoms with Gasteiger partial charge in [0.2, 0.25) is 28.9 Å². The Kier molecular flexibility index (Phi) is 17.8. The van der Waals surface area contributed by atoms with E-state index in [0.29, 0.717) is 64.5 Å². The molecule has 2 aromatic carbocycles. The number of halogens is 6. The van der Waals surface area contributed by atoms with Crippen LogP contribution in [0, 0.1) is 21.4 Å². The molecule has 424 valence electrons. The fourth-order valence-electron chi connectivity index (χ4n) is 7.92. The van der Waals surface area contributed by atoms with Gasteiger partial charge >= 0.3 is 34.9 Å². The molecule has 21 nitrogen and oxygen atoms in total. The van der Waals surface area contributed by atoms with Crippen LogP contribution in [0.2, 0.25) is 0 Å². The quantitative estimate of drug-likeness (QED) is 0.0270. The third-order valence-corrected chi connectivity index (χ3v) is 13.8. The summed E-state index contributed by atoms with van der Waals surface area (Å²) in [5.74, 6) is -2.88. The molecule has 2 saturated carbocycles. The number of benzene rings is 2. The number of ether oxygens (including phenoxy) is 5. The van der Waals surface area contributed by atoms with Crippen molar-refractivity contribution >= 4 is 56.7 Å². The van der Waals surface area contributed by atoms with Crippen molar-refractivity contribution in [2.24, 2.45) is 11.3 Å². The lowest BCUT2D eigenvalue weighted by atomic mass is 9.85. The Morgan fingerprint density at radius 1 is 0.922 bits per heavy atom. The number of carbonyl (C=O) groups is 5. The molecule has 5 atom stereocenters. The standard InChI is InChI=1S/C38H50F3N5O10S.C11H10F3NO5/c1-9-14-36(15-16-36)56-57(51,52)45-32(49)37(20-23(37)10-2)44-29(47)27-19-25(54-30-26-12-11-24(53-8)18-22(26)13-17-42-30)21-46(27)31(48)28(34(3,4)5)43-33(50)55-35(6,7)38(39,40)41;1-10(2,11(12,13)14)20-9(16)19-8-5-3-7(4-6-8)15(17)18/h10-13,17-18,23,25,27-28H,2,9,14-16,19-21H2,1,3-8H3,(H,43,50)(H,44,47)(H,45,49);3-6H,1-2H3/t23-,25-,27+,28-,37-;/m1./s1. The van der Waals surface area contributed by atoms with Gasteiger partial charge in [-0.2, -0.15) is 34.8 Å². The molecule has 77 heavy (non-hydrogen) atoms. The number of non-ortho nitro benzene ring substituents is 1. The third kappa shape index (κ3) is 15.0. The van der Waals surface area contributed by atoms with Crippen molar-refractivity contribution in [1.82, 2.24) is 25.2 Å². The first kappa shape index (κ1) is 60.9. The average molecular weight is 1120 g/mol. The van der Waals surface area contributed by atoms with Crippen molar-refractivity contribution in [2.75, 3.05) is 13.7 Å². The molecule has 0 radical (unpaired) electrons. The van der Waals surface area contributed by atoms with Gasteiger partial charge in [-0.1, -0.05) is 40.2 Å². The number of nitro groups is 1. The zero-order valence-corrected chi connectivity index (χ0v) is 44.2. The zero-order valence-electron chi connectivity index (χ0n) is 43.4. The summed E-state index contributed by atoms with van der Waals surface area (Å²) in [6.07, 6.45) is -8.79. The van der Waals surface area contributed by atoms with Gasteiger partial charge < -0.3 is 39.2 Å². The Hall–Kier alpha value is -6.97. The van der Waals surface area contributed by atoms with Gasteiger partial charge in [0.15, 0.2) is 0 Å². The molecular weight excluding hydrogens is 1060 g/mol. The Balaban J connectivity index is 0.000000459. The van der Waals surface area contributed by atoms with E-state index in [1.165, 1.54) is 19.4 Å². The number of nitrogens with zero attached hydrogens (tertiary/aromatic N) is 3. The van der Waals surface area contributed by atoms with E-state index in [1.807, 2.05) is 11.6 Å². The topological polar surface area (TPSA) is 270 Å². The number of hydrogen-bond donors (Lipinski definition) is 3. The van der Waals surface area contributed by atoms with Crippen LogP contribution in [0.4, 0.5) is 41.6 Å². The second-order valence-corrected chi connectivity index (χ2v) is 21.9. The molecule has 1 aromatic heterocycles. The fourth-order valence-corrected chi connectivity index (χ4v) is 9.08. The van der Waals surface area contributed by atoms with Gasteiger partial charge in [-0.3, -0.25) is 24.5 Å². The first-order valence-electron chi connectivity index (χ1n) is 23.8. The molecule has 2 heterocycles. The molecule has 3 aromatic rings. The highest BCUT2D eigenvalue weighted by atomic mass is 32.2. The Labute approximate surface area is 439 Å². The summed E-state index contributed by atoms with van der Waals surface area (Å²) >= 11 is 0. The van der Waals surface area contributed by atoms with Gasteiger partial charge in [0.1, 0.15) is 35.2 Å². The minimum absolute atomic E-state index is 0.0132. The largest absolute Gasteiger partial charge is 0.514 e. The molecule has 0 bridgehead atoms. The van der Waals surface area contributed by atoms with Crippen LogP contribution in [0.15, 0.2) is 67.4 Å². The summed E-state index contributed by atoms with van der Waals surface area (Å²) in [7, 11) is -3.07. The van der Waals surface area contributed by atoms with Gasteiger partial charge in [0.25, 0.3) is 11.6 Å². The number of methoxy groups -OCH3 is 1. The third-order valence-electron chi connectivity index (χ3n) is 12.8. The fraction of sp³-hybridized carbons (Fsp3) is 0.551. The number of hydrogen-bond acceptors (Lipinski definition) is 16. The van der Waals surface area contributed by atoms with Crippen molar-refractivity contribution in [3.05, 3.63) is 77.5 Å². The van der Waals surface area contributed by atoms with E-state index in [0.717, 1.165) is 34.6 Å². The van der Waals surface area contributed by atoms with Crippen LogP contribution >= 0.6 is 0 Å². The number of alkyl halides is 6. The molecule has 3 fully saturated rings. The number of pyridine rings is 1. The molecule has 6 rings (SSSR count). The summed E-state index contributed by atoms with van der Waals surface area (Å²) in [4.78, 5) is 81.8. The van der Waals surface area contributed by atoms with Gasteiger partial charge in [0, 0.05) is 36.1 Å². The van der Waals surface area contributed by atoms with E-state index in [2.05, 4.69) is 31.7 Å². The molecular formula is C49H60F6N6O15S. The number of alkyl carbamates (subject to hydrolysis) is 1. The highest BCUT2D eigenvalue weighted by Crippen LogP contribution is 2.47. The Morgan fingerprint density at radius 3 is 2.04 bits per heavy atom. The maximum atomic E-state index is 14.5. The molecule has 0 unspecified atom stereocenters. The molecule has 0 spiro atoms. The number of likely N-dealkylation sites (tertiary alicyclic amines) is 1. The minimum Gasteiger partial charge on any atom is -0.497 e. The second kappa shape index (κ2) is 22.5. The molecule has 28 heteroatoms. The van der Waals surface area contributed by atoms with Crippen LogP contribution in [-0.2, 0) is 38.3 Å². The molecule has 3 N–H and O–H groups in total. The number of aromatic nitrogens is 1. The lowest BCUT2D eigenvalue weighted by Gasteiger charge is -2.36. The molecule has 1 saturated heterocycles. The van der Waals surface area contributed by atoms with Crippen LogP contribution in [0.5, 0.6) is 17.4 Å². The lowest BCUT2D eigenvalue weighted by molar-refractivity contribution is -0.384. The number of nitrogens with one attached hydrogen (secondary N) is 3. The number of nitro benzene ring substituents is 1. The minimum atomic E-state index is -4.93.